The second-order valence-electron chi connectivity index (χ2n) is 3.96. The predicted octanol–water partition coefficient (Wildman–Crippen LogP) is 1.61. The van der Waals surface area contributed by atoms with Gasteiger partial charge in [0, 0.05) is 39.2 Å². The minimum absolute atomic E-state index is 0.0767. The number of carbonyl (C=O) groups excluding carboxylic acids is 1. The lowest BCUT2D eigenvalue weighted by Crippen LogP contribution is -2.26. The van der Waals surface area contributed by atoms with Crippen LogP contribution in [0.4, 0.5) is 0 Å². The van der Waals surface area contributed by atoms with Crippen molar-refractivity contribution in [3.8, 4) is 5.75 Å². The van der Waals surface area contributed by atoms with Crippen molar-refractivity contribution in [2.24, 2.45) is 0 Å². The number of halogens is 1. The third kappa shape index (κ3) is 4.24. The number of nitrogens with zero attached hydrogens (tertiary/aromatic N) is 1. The normalized spacial score (nSPS) is 10.3. The first-order chi connectivity index (χ1) is 8.02. The van der Waals surface area contributed by atoms with Gasteiger partial charge >= 0.3 is 0 Å². The number of aromatic hydroxyl groups is 1. The summed E-state index contributed by atoms with van der Waals surface area (Å²) in [5.41, 5.74) is 0.731. The van der Waals surface area contributed by atoms with E-state index in [9.17, 15) is 9.90 Å². The summed E-state index contributed by atoms with van der Waals surface area (Å²) in [4.78, 5) is 12.8. The van der Waals surface area contributed by atoms with Gasteiger partial charge in [0.15, 0.2) is 0 Å². The highest BCUT2D eigenvalue weighted by Crippen LogP contribution is 2.26. The molecule has 2 N–H and O–H groups in total. The van der Waals surface area contributed by atoms with E-state index in [4.69, 9.17) is 11.6 Å². The molecule has 0 heterocycles. The Labute approximate surface area is 106 Å². The van der Waals surface area contributed by atoms with Crippen molar-refractivity contribution in [3.05, 3.63) is 28.8 Å². The van der Waals surface area contributed by atoms with Crippen LogP contribution in [0, 0.1) is 0 Å². The number of phenols is 1. The fourth-order valence-electron chi connectivity index (χ4n) is 1.34. The van der Waals surface area contributed by atoms with Gasteiger partial charge in [0.05, 0.1) is 5.02 Å². The second kappa shape index (κ2) is 6.47. The molecule has 0 fully saturated rings. The summed E-state index contributed by atoms with van der Waals surface area (Å²) < 4.78 is 0. The van der Waals surface area contributed by atoms with Gasteiger partial charge in [0.25, 0.3) is 0 Å². The van der Waals surface area contributed by atoms with Gasteiger partial charge in [0.1, 0.15) is 5.75 Å². The van der Waals surface area contributed by atoms with E-state index in [2.05, 4.69) is 5.32 Å². The molecule has 1 aromatic rings. The number of para-hydroxylation sites is 1. The van der Waals surface area contributed by atoms with Crippen LogP contribution >= 0.6 is 11.6 Å². The van der Waals surface area contributed by atoms with Gasteiger partial charge in [-0.3, -0.25) is 4.79 Å². The maximum absolute atomic E-state index is 11.3. The molecule has 17 heavy (non-hydrogen) atoms. The van der Waals surface area contributed by atoms with Gasteiger partial charge in [-0.1, -0.05) is 23.7 Å². The van der Waals surface area contributed by atoms with Crippen LogP contribution in [-0.4, -0.2) is 36.6 Å². The summed E-state index contributed by atoms with van der Waals surface area (Å²) in [5, 5.41) is 13.1. The third-order valence-electron chi connectivity index (χ3n) is 2.40. The summed E-state index contributed by atoms with van der Waals surface area (Å²) in [5.74, 6) is 0.174. The number of carbonyl (C=O) groups is 1. The highest BCUT2D eigenvalue weighted by molar-refractivity contribution is 6.32. The second-order valence-corrected chi connectivity index (χ2v) is 4.37. The molecule has 0 atom stereocenters. The number of benzene rings is 1. The Bertz CT molecular complexity index is 394. The molecule has 4 nitrogen and oxygen atoms in total. The van der Waals surface area contributed by atoms with Gasteiger partial charge in [-0.15, -0.1) is 0 Å². The zero-order valence-corrected chi connectivity index (χ0v) is 10.8. The average molecular weight is 257 g/mol. The first kappa shape index (κ1) is 13.8. The maximum atomic E-state index is 11.3. The summed E-state index contributed by atoms with van der Waals surface area (Å²) in [7, 11) is 3.45. The van der Waals surface area contributed by atoms with Crippen molar-refractivity contribution >= 4 is 17.5 Å². The van der Waals surface area contributed by atoms with E-state index in [1.54, 1.807) is 37.2 Å². The lowest BCUT2D eigenvalue weighted by atomic mass is 10.2. The van der Waals surface area contributed by atoms with Gasteiger partial charge < -0.3 is 15.3 Å². The molecule has 0 bridgehead atoms. The highest BCUT2D eigenvalue weighted by atomic mass is 35.5. The molecular formula is C12H17ClN2O2. The topological polar surface area (TPSA) is 52.6 Å². The molecule has 0 saturated carbocycles. The van der Waals surface area contributed by atoms with E-state index in [1.165, 1.54) is 0 Å². The average Bonchev–Trinajstić information content (AvgIpc) is 2.29. The lowest BCUT2D eigenvalue weighted by Gasteiger charge is -2.11. The molecule has 1 amide bonds. The molecule has 0 unspecified atom stereocenters. The smallest absolute Gasteiger partial charge is 0.223 e. The van der Waals surface area contributed by atoms with Crippen LogP contribution in [0.5, 0.6) is 5.75 Å². The summed E-state index contributed by atoms with van der Waals surface area (Å²) in [6, 6.07) is 5.21. The lowest BCUT2D eigenvalue weighted by molar-refractivity contribution is -0.128. The van der Waals surface area contributed by atoms with Crippen molar-refractivity contribution in [2.45, 2.75) is 13.0 Å². The molecule has 0 aromatic heterocycles. The summed E-state index contributed by atoms with van der Waals surface area (Å²) >= 11 is 5.78. The third-order valence-corrected chi connectivity index (χ3v) is 2.71. The first-order valence-corrected chi connectivity index (χ1v) is 5.77. The SMILES string of the molecule is CN(C)C(=O)CCNCc1cccc(Cl)c1O. The van der Waals surface area contributed by atoms with E-state index in [0.29, 0.717) is 24.5 Å². The number of hydrogen-bond acceptors (Lipinski definition) is 3. The van der Waals surface area contributed by atoms with Crippen molar-refractivity contribution in [3.63, 3.8) is 0 Å². The molecule has 0 spiro atoms. The first-order valence-electron chi connectivity index (χ1n) is 5.39. The molecule has 1 aromatic carbocycles. The van der Waals surface area contributed by atoms with Crippen LogP contribution in [0.25, 0.3) is 0 Å². The van der Waals surface area contributed by atoms with E-state index >= 15 is 0 Å². The van der Waals surface area contributed by atoms with E-state index in [0.717, 1.165) is 5.56 Å². The molecule has 1 rings (SSSR count). The van der Waals surface area contributed by atoms with Crippen molar-refractivity contribution < 1.29 is 9.90 Å². The fraction of sp³-hybridized carbons (Fsp3) is 0.417. The number of hydrogen-bond donors (Lipinski definition) is 2. The Balaban J connectivity index is 2.36. The highest BCUT2D eigenvalue weighted by Gasteiger charge is 2.06. The minimum atomic E-state index is 0.0767. The van der Waals surface area contributed by atoms with Gasteiger partial charge in [0.2, 0.25) is 5.91 Å². The van der Waals surface area contributed by atoms with E-state index in [-0.39, 0.29) is 11.7 Å². The largest absolute Gasteiger partial charge is 0.506 e. The fourth-order valence-corrected chi connectivity index (χ4v) is 1.54. The van der Waals surface area contributed by atoms with Crippen LogP contribution in [0.3, 0.4) is 0 Å². The number of rotatable bonds is 5. The number of phenolic OH excluding ortho intramolecular Hbond substituents is 1. The Kier molecular flexibility index (Phi) is 5.25. The monoisotopic (exact) mass is 256 g/mol. The van der Waals surface area contributed by atoms with Crippen LogP contribution in [0.1, 0.15) is 12.0 Å². The van der Waals surface area contributed by atoms with Crippen LogP contribution < -0.4 is 5.32 Å². The van der Waals surface area contributed by atoms with Crippen molar-refractivity contribution in [1.82, 2.24) is 10.2 Å². The van der Waals surface area contributed by atoms with Crippen LogP contribution in [0.2, 0.25) is 5.02 Å². The van der Waals surface area contributed by atoms with Crippen LogP contribution in [0.15, 0.2) is 18.2 Å². The molecule has 0 radical (unpaired) electrons. The minimum Gasteiger partial charge on any atom is -0.506 e. The Morgan fingerprint density at radius 2 is 2.18 bits per heavy atom. The van der Waals surface area contributed by atoms with E-state index in [1.807, 2.05) is 0 Å². The van der Waals surface area contributed by atoms with Crippen LogP contribution in [-0.2, 0) is 11.3 Å². The Hall–Kier alpha value is -1.26. The standard InChI is InChI=1S/C12H17ClN2O2/c1-15(2)11(16)6-7-14-8-9-4-3-5-10(13)12(9)17/h3-5,14,17H,6-8H2,1-2H3. The van der Waals surface area contributed by atoms with Gasteiger partial charge in [-0.2, -0.15) is 0 Å². The predicted molar refractivity (Wildman–Crippen MR) is 68.1 cm³/mol. The van der Waals surface area contributed by atoms with Gasteiger partial charge in [-0.05, 0) is 6.07 Å². The number of amides is 1. The zero-order chi connectivity index (χ0) is 12.8. The number of nitrogens with one attached hydrogen (secondary N) is 1. The van der Waals surface area contributed by atoms with E-state index < -0.39 is 0 Å². The van der Waals surface area contributed by atoms with Crippen molar-refractivity contribution in [1.29, 1.82) is 0 Å². The van der Waals surface area contributed by atoms with Gasteiger partial charge in [-0.25, -0.2) is 0 Å². The molecular weight excluding hydrogens is 240 g/mol. The molecule has 94 valence electrons. The van der Waals surface area contributed by atoms with Crippen molar-refractivity contribution in [2.75, 3.05) is 20.6 Å². The molecule has 5 heteroatoms. The molecule has 0 aliphatic heterocycles. The molecule has 0 aliphatic carbocycles. The Morgan fingerprint density at radius 3 is 2.82 bits per heavy atom. The maximum Gasteiger partial charge on any atom is 0.223 e. The summed E-state index contributed by atoms with van der Waals surface area (Å²) in [6.07, 6.45) is 0.439. The molecule has 0 saturated heterocycles. The summed E-state index contributed by atoms with van der Waals surface area (Å²) in [6.45, 7) is 1.07. The Morgan fingerprint density at radius 1 is 1.47 bits per heavy atom. The zero-order valence-electron chi connectivity index (χ0n) is 10.0. The quantitative estimate of drug-likeness (QED) is 0.787. The molecule has 0 aliphatic rings.